The van der Waals surface area contributed by atoms with Gasteiger partial charge in [-0.3, -0.25) is 0 Å². The molecular formula is C14H18O3Si. The number of hydrogen-bond donors (Lipinski definition) is 0. The van der Waals surface area contributed by atoms with E-state index in [1.165, 1.54) is 0 Å². The molecule has 0 unspecified atom stereocenters. The van der Waals surface area contributed by atoms with Crippen LogP contribution in [0, 0.1) is 12.3 Å². The summed E-state index contributed by atoms with van der Waals surface area (Å²) in [5.41, 5.74) is 0.745. The third-order valence-electron chi connectivity index (χ3n) is 2.29. The normalized spacial score (nSPS) is 10.6. The minimum absolute atomic E-state index is 0.414. The maximum absolute atomic E-state index is 11.4. The van der Waals surface area contributed by atoms with Gasteiger partial charge in [0.15, 0.2) is 0 Å². The summed E-state index contributed by atoms with van der Waals surface area (Å²) in [6.45, 7) is 7.08. The van der Waals surface area contributed by atoms with E-state index in [2.05, 4.69) is 25.6 Å². The molecule has 1 aromatic carbocycles. The molecule has 4 heteroatoms. The summed E-state index contributed by atoms with van der Waals surface area (Å²) in [5.74, 6) is 2.93. The predicted molar refractivity (Wildman–Crippen MR) is 74.5 cm³/mol. The molecule has 0 saturated heterocycles. The monoisotopic (exact) mass is 262 g/mol. The molecule has 3 nitrogen and oxygen atoms in total. The molecule has 0 atom stereocenters. The zero-order valence-electron chi connectivity index (χ0n) is 11.0. The Labute approximate surface area is 109 Å². The van der Waals surface area contributed by atoms with Gasteiger partial charge in [-0.1, -0.05) is 25.6 Å². The lowest BCUT2D eigenvalue weighted by Crippen LogP contribution is -2.23. The molecule has 18 heavy (non-hydrogen) atoms. The summed E-state index contributed by atoms with van der Waals surface area (Å²) in [7, 11) is -1.18. The van der Waals surface area contributed by atoms with Crippen LogP contribution in [0.2, 0.25) is 25.7 Å². The minimum Gasteiger partial charge on any atom is -0.434 e. The van der Waals surface area contributed by atoms with Crippen molar-refractivity contribution in [3.8, 4) is 18.1 Å². The Morgan fingerprint density at radius 2 is 1.89 bits per heavy atom. The van der Waals surface area contributed by atoms with E-state index in [1.807, 2.05) is 0 Å². The molecule has 0 N–H and O–H groups in total. The SMILES string of the molecule is C#Cc1ccc(OC(=O)OCC[Si](C)(C)C)cc1. The fourth-order valence-electron chi connectivity index (χ4n) is 1.19. The number of carbonyl (C=O) groups is 1. The van der Waals surface area contributed by atoms with Crippen molar-refractivity contribution in [2.45, 2.75) is 25.7 Å². The van der Waals surface area contributed by atoms with Crippen molar-refractivity contribution in [1.82, 2.24) is 0 Å². The van der Waals surface area contributed by atoms with E-state index in [1.54, 1.807) is 24.3 Å². The summed E-state index contributed by atoms with van der Waals surface area (Å²) in [5, 5.41) is 0. The molecule has 0 spiro atoms. The van der Waals surface area contributed by atoms with Crippen molar-refractivity contribution >= 4 is 14.2 Å². The highest BCUT2D eigenvalue weighted by molar-refractivity contribution is 6.76. The van der Waals surface area contributed by atoms with Crippen LogP contribution in [0.25, 0.3) is 0 Å². The number of hydrogen-bond acceptors (Lipinski definition) is 3. The Balaban J connectivity index is 2.38. The first kappa shape index (κ1) is 14.3. The second-order valence-electron chi connectivity index (χ2n) is 5.18. The van der Waals surface area contributed by atoms with Crippen molar-refractivity contribution in [3.63, 3.8) is 0 Å². The highest BCUT2D eigenvalue weighted by atomic mass is 28.3. The Morgan fingerprint density at radius 1 is 1.28 bits per heavy atom. The van der Waals surface area contributed by atoms with Crippen LogP contribution in [-0.4, -0.2) is 20.8 Å². The standard InChI is InChI=1S/C14H18O3Si/c1-5-12-6-8-13(9-7-12)17-14(15)16-10-11-18(2,3)4/h1,6-9H,10-11H2,2-4H3. The van der Waals surface area contributed by atoms with Gasteiger partial charge in [-0.15, -0.1) is 6.42 Å². The van der Waals surface area contributed by atoms with Gasteiger partial charge in [0, 0.05) is 13.6 Å². The molecule has 0 bridgehead atoms. The molecular weight excluding hydrogens is 244 g/mol. The summed E-state index contributed by atoms with van der Waals surface area (Å²) < 4.78 is 10.0. The van der Waals surface area contributed by atoms with Crippen LogP contribution in [-0.2, 0) is 4.74 Å². The molecule has 0 heterocycles. The van der Waals surface area contributed by atoms with Gasteiger partial charge in [-0.05, 0) is 30.3 Å². The molecule has 0 aliphatic rings. The molecule has 1 rings (SSSR count). The van der Waals surface area contributed by atoms with Crippen molar-refractivity contribution in [2.24, 2.45) is 0 Å². The van der Waals surface area contributed by atoms with Gasteiger partial charge in [0.2, 0.25) is 0 Å². The molecule has 0 saturated carbocycles. The first-order valence-electron chi connectivity index (χ1n) is 5.82. The van der Waals surface area contributed by atoms with Crippen molar-refractivity contribution in [3.05, 3.63) is 29.8 Å². The average Bonchev–Trinajstić information content (AvgIpc) is 2.28. The van der Waals surface area contributed by atoms with E-state index >= 15 is 0 Å². The Bertz CT molecular complexity index is 438. The average molecular weight is 262 g/mol. The van der Waals surface area contributed by atoms with E-state index in [4.69, 9.17) is 15.9 Å². The van der Waals surface area contributed by atoms with Gasteiger partial charge in [-0.25, -0.2) is 4.79 Å². The van der Waals surface area contributed by atoms with Crippen LogP contribution in [0.15, 0.2) is 24.3 Å². The lowest BCUT2D eigenvalue weighted by molar-refractivity contribution is 0.104. The number of carbonyl (C=O) groups excluding carboxylic acids is 1. The molecule has 0 aliphatic carbocycles. The van der Waals surface area contributed by atoms with Gasteiger partial charge in [-0.2, -0.15) is 0 Å². The molecule has 96 valence electrons. The fraction of sp³-hybridized carbons (Fsp3) is 0.357. The largest absolute Gasteiger partial charge is 0.513 e. The van der Waals surface area contributed by atoms with Crippen molar-refractivity contribution in [2.75, 3.05) is 6.61 Å². The van der Waals surface area contributed by atoms with Crippen LogP contribution < -0.4 is 4.74 Å². The summed E-state index contributed by atoms with van der Waals surface area (Å²) >= 11 is 0. The lowest BCUT2D eigenvalue weighted by Gasteiger charge is -2.14. The third-order valence-corrected chi connectivity index (χ3v) is 4.00. The van der Waals surface area contributed by atoms with Gasteiger partial charge in [0.25, 0.3) is 0 Å². The quantitative estimate of drug-likeness (QED) is 0.360. The van der Waals surface area contributed by atoms with E-state index in [9.17, 15) is 4.79 Å². The summed E-state index contributed by atoms with van der Waals surface area (Å²) in [4.78, 5) is 11.4. The number of rotatable bonds is 4. The van der Waals surface area contributed by atoms with Crippen LogP contribution in [0.3, 0.4) is 0 Å². The molecule has 0 amide bonds. The fourth-order valence-corrected chi connectivity index (χ4v) is 1.90. The summed E-state index contributed by atoms with van der Waals surface area (Å²) in [6, 6.07) is 7.65. The van der Waals surface area contributed by atoms with Crippen LogP contribution in [0.4, 0.5) is 4.79 Å². The van der Waals surface area contributed by atoms with E-state index in [-0.39, 0.29) is 0 Å². The number of benzene rings is 1. The Morgan fingerprint density at radius 3 is 2.39 bits per heavy atom. The molecule has 0 aromatic heterocycles. The third kappa shape index (κ3) is 5.55. The first-order chi connectivity index (χ1) is 8.40. The molecule has 0 fully saturated rings. The molecule has 1 aromatic rings. The zero-order valence-corrected chi connectivity index (χ0v) is 12.0. The topological polar surface area (TPSA) is 35.5 Å². The highest BCUT2D eigenvalue weighted by Gasteiger charge is 2.14. The maximum Gasteiger partial charge on any atom is 0.513 e. The predicted octanol–water partition coefficient (Wildman–Crippen LogP) is 3.52. The Hall–Kier alpha value is -1.73. The molecule has 0 radical (unpaired) electrons. The highest BCUT2D eigenvalue weighted by Crippen LogP contribution is 2.13. The number of ether oxygens (including phenoxy) is 2. The second kappa shape index (κ2) is 6.27. The van der Waals surface area contributed by atoms with Crippen molar-refractivity contribution < 1.29 is 14.3 Å². The van der Waals surface area contributed by atoms with Gasteiger partial charge < -0.3 is 9.47 Å². The van der Waals surface area contributed by atoms with Gasteiger partial charge >= 0.3 is 6.16 Å². The zero-order chi connectivity index (χ0) is 13.6. The van der Waals surface area contributed by atoms with E-state index < -0.39 is 14.2 Å². The smallest absolute Gasteiger partial charge is 0.434 e. The number of terminal acetylenes is 1. The van der Waals surface area contributed by atoms with E-state index in [0.29, 0.717) is 12.4 Å². The van der Waals surface area contributed by atoms with Gasteiger partial charge in [0.1, 0.15) is 5.75 Å². The van der Waals surface area contributed by atoms with Crippen LogP contribution in [0.1, 0.15) is 5.56 Å². The maximum atomic E-state index is 11.4. The Kier molecular flexibility index (Phi) is 4.99. The first-order valence-corrected chi connectivity index (χ1v) is 9.53. The van der Waals surface area contributed by atoms with Crippen LogP contribution >= 0.6 is 0 Å². The van der Waals surface area contributed by atoms with Gasteiger partial charge in [0.05, 0.1) is 6.61 Å². The van der Waals surface area contributed by atoms with E-state index in [0.717, 1.165) is 11.6 Å². The molecule has 0 aliphatic heterocycles. The minimum atomic E-state index is -1.18. The van der Waals surface area contributed by atoms with Crippen molar-refractivity contribution in [1.29, 1.82) is 0 Å². The summed E-state index contributed by atoms with van der Waals surface area (Å²) in [6.07, 6.45) is 4.56. The van der Waals surface area contributed by atoms with Crippen LogP contribution in [0.5, 0.6) is 5.75 Å². The second-order valence-corrected chi connectivity index (χ2v) is 10.8. The lowest BCUT2D eigenvalue weighted by atomic mass is 10.2.